The number of ketones is 1. The van der Waals surface area contributed by atoms with Crippen LogP contribution < -0.4 is 11.1 Å². The van der Waals surface area contributed by atoms with Gasteiger partial charge in [0.25, 0.3) is 0 Å². The molecule has 5 nitrogen and oxygen atoms in total. The fraction of sp³-hybridized carbons (Fsp3) is 0.684. The van der Waals surface area contributed by atoms with Gasteiger partial charge in [0.2, 0.25) is 5.91 Å². The van der Waals surface area contributed by atoms with Gasteiger partial charge >= 0.3 is 0 Å². The number of nitrogens with one attached hydrogen (secondary N) is 1. The molecule has 146 valence electrons. The number of amides is 1. The van der Waals surface area contributed by atoms with Crippen LogP contribution in [0.2, 0.25) is 0 Å². The molecule has 0 saturated heterocycles. The minimum atomic E-state index is -0.781. The first-order valence-corrected chi connectivity index (χ1v) is 9.43. The number of hydrogen-bond donors (Lipinski definition) is 2. The van der Waals surface area contributed by atoms with Crippen LogP contribution in [0.4, 0.5) is 8.78 Å². The lowest BCUT2D eigenvalue weighted by Crippen LogP contribution is -2.44. The number of unbranched alkanes of at least 4 members (excludes halogenated alkanes) is 1. The van der Waals surface area contributed by atoms with Crippen LogP contribution in [0.3, 0.4) is 0 Å². The number of carbonyl (C=O) groups excluding carboxylic acids is 2. The maximum Gasteiger partial charge on any atom is 0.223 e. The van der Waals surface area contributed by atoms with Crippen molar-refractivity contribution in [1.29, 1.82) is 0 Å². The summed E-state index contributed by atoms with van der Waals surface area (Å²) in [5.74, 6) is -2.52. The number of halogens is 2. The average Bonchev–Trinajstić information content (AvgIpc) is 3.15. The standard InChI is InChI=1S/C19H28F2N2O3/c20-14-8-5-9-15(21)18(14)26-12-17(24)16(10-3-4-11-22)23-19(25)13-6-1-2-7-13/h8,13,16H,1-7,9-12,22H2,(H,23,25). The van der Waals surface area contributed by atoms with Gasteiger partial charge in [0, 0.05) is 12.3 Å². The van der Waals surface area contributed by atoms with E-state index in [2.05, 4.69) is 5.32 Å². The van der Waals surface area contributed by atoms with Crippen molar-refractivity contribution < 1.29 is 23.1 Å². The summed E-state index contributed by atoms with van der Waals surface area (Å²) in [5.41, 5.74) is 5.49. The third-order valence-electron chi connectivity index (χ3n) is 4.89. The Kier molecular flexibility index (Phi) is 8.22. The van der Waals surface area contributed by atoms with Crippen LogP contribution in [0.25, 0.3) is 0 Å². The van der Waals surface area contributed by atoms with Crippen molar-refractivity contribution in [2.24, 2.45) is 11.7 Å². The van der Waals surface area contributed by atoms with Crippen LogP contribution >= 0.6 is 0 Å². The fourth-order valence-electron chi connectivity index (χ4n) is 3.34. The van der Waals surface area contributed by atoms with Crippen molar-refractivity contribution in [2.45, 2.75) is 63.8 Å². The summed E-state index contributed by atoms with van der Waals surface area (Å²) < 4.78 is 32.4. The van der Waals surface area contributed by atoms with Crippen LogP contribution in [-0.4, -0.2) is 30.9 Å². The van der Waals surface area contributed by atoms with Gasteiger partial charge < -0.3 is 15.8 Å². The van der Waals surface area contributed by atoms with E-state index in [1.807, 2.05) is 0 Å². The van der Waals surface area contributed by atoms with E-state index in [4.69, 9.17) is 10.5 Å². The Labute approximate surface area is 153 Å². The van der Waals surface area contributed by atoms with Crippen LogP contribution in [0.5, 0.6) is 0 Å². The van der Waals surface area contributed by atoms with E-state index in [-0.39, 0.29) is 30.4 Å². The van der Waals surface area contributed by atoms with Crippen molar-refractivity contribution in [3.05, 3.63) is 23.5 Å². The Bertz CT molecular complexity index is 569. The summed E-state index contributed by atoms with van der Waals surface area (Å²) in [6.45, 7) is 0.0321. The van der Waals surface area contributed by atoms with Crippen LogP contribution in [-0.2, 0) is 14.3 Å². The van der Waals surface area contributed by atoms with Gasteiger partial charge in [-0.1, -0.05) is 12.8 Å². The zero-order chi connectivity index (χ0) is 18.9. The molecule has 2 aliphatic carbocycles. The first kappa shape index (κ1) is 20.6. The van der Waals surface area contributed by atoms with Crippen molar-refractivity contribution in [2.75, 3.05) is 13.2 Å². The van der Waals surface area contributed by atoms with E-state index in [9.17, 15) is 18.4 Å². The molecule has 0 aromatic heterocycles. The number of carbonyl (C=O) groups is 2. The molecule has 0 spiro atoms. The first-order chi connectivity index (χ1) is 12.5. The normalized spacial score (nSPS) is 19.3. The molecular weight excluding hydrogens is 342 g/mol. The summed E-state index contributed by atoms with van der Waals surface area (Å²) in [7, 11) is 0. The molecule has 1 atom stereocenters. The van der Waals surface area contributed by atoms with E-state index >= 15 is 0 Å². The summed E-state index contributed by atoms with van der Waals surface area (Å²) in [5, 5.41) is 2.80. The molecule has 1 saturated carbocycles. The SMILES string of the molecule is NCCCCC(NC(=O)C1CCCC1)C(=O)COC1=C(F)CCC=C1F. The molecule has 2 rings (SSSR count). The molecule has 0 heterocycles. The molecule has 26 heavy (non-hydrogen) atoms. The highest BCUT2D eigenvalue weighted by Crippen LogP contribution is 2.28. The van der Waals surface area contributed by atoms with Crippen molar-refractivity contribution in [3.63, 3.8) is 0 Å². The van der Waals surface area contributed by atoms with E-state index in [1.54, 1.807) is 0 Å². The smallest absolute Gasteiger partial charge is 0.223 e. The molecule has 0 radical (unpaired) electrons. The van der Waals surface area contributed by atoms with Crippen molar-refractivity contribution >= 4 is 11.7 Å². The lowest BCUT2D eigenvalue weighted by Gasteiger charge is -2.21. The maximum atomic E-state index is 13.7. The number of nitrogens with two attached hydrogens (primary N) is 1. The number of rotatable bonds is 10. The third-order valence-corrected chi connectivity index (χ3v) is 4.89. The molecule has 0 aliphatic heterocycles. The number of hydrogen-bond acceptors (Lipinski definition) is 4. The molecule has 1 fully saturated rings. The third kappa shape index (κ3) is 5.90. The Morgan fingerprint density at radius 3 is 2.65 bits per heavy atom. The van der Waals surface area contributed by atoms with E-state index in [1.165, 1.54) is 6.08 Å². The highest BCUT2D eigenvalue weighted by atomic mass is 19.1. The predicted molar refractivity (Wildman–Crippen MR) is 94.3 cm³/mol. The Morgan fingerprint density at radius 1 is 1.27 bits per heavy atom. The zero-order valence-corrected chi connectivity index (χ0v) is 15.1. The fourth-order valence-corrected chi connectivity index (χ4v) is 3.34. The van der Waals surface area contributed by atoms with E-state index in [0.29, 0.717) is 19.4 Å². The van der Waals surface area contributed by atoms with Gasteiger partial charge in [-0.15, -0.1) is 0 Å². The molecule has 1 unspecified atom stereocenters. The van der Waals surface area contributed by atoms with Gasteiger partial charge in [-0.05, 0) is 51.1 Å². The van der Waals surface area contributed by atoms with Crippen molar-refractivity contribution in [3.8, 4) is 0 Å². The maximum absolute atomic E-state index is 13.7. The summed E-state index contributed by atoms with van der Waals surface area (Å²) in [4.78, 5) is 24.8. The second kappa shape index (κ2) is 10.4. The summed E-state index contributed by atoms with van der Waals surface area (Å²) in [6.07, 6.45) is 7.15. The lowest BCUT2D eigenvalue weighted by molar-refractivity contribution is -0.131. The molecule has 1 amide bonds. The quantitative estimate of drug-likeness (QED) is 0.579. The second-order valence-electron chi connectivity index (χ2n) is 6.91. The van der Waals surface area contributed by atoms with E-state index in [0.717, 1.165) is 32.1 Å². The Hall–Kier alpha value is -1.76. The number of allylic oxidation sites excluding steroid dienone is 3. The largest absolute Gasteiger partial charge is 0.480 e. The monoisotopic (exact) mass is 370 g/mol. The van der Waals surface area contributed by atoms with Gasteiger partial charge in [0.05, 0.1) is 6.04 Å². The molecule has 3 N–H and O–H groups in total. The molecule has 7 heteroatoms. The molecule has 0 aromatic carbocycles. The van der Waals surface area contributed by atoms with Crippen molar-refractivity contribution in [1.82, 2.24) is 5.32 Å². The zero-order valence-electron chi connectivity index (χ0n) is 15.1. The molecule has 0 aromatic rings. The average molecular weight is 370 g/mol. The van der Waals surface area contributed by atoms with Crippen LogP contribution in [0.1, 0.15) is 57.8 Å². The van der Waals surface area contributed by atoms with Gasteiger partial charge in [-0.2, -0.15) is 0 Å². The van der Waals surface area contributed by atoms with Gasteiger partial charge in [0.1, 0.15) is 12.4 Å². The Balaban J connectivity index is 1.93. The van der Waals surface area contributed by atoms with E-state index < -0.39 is 30.1 Å². The minimum Gasteiger partial charge on any atom is -0.480 e. The number of ether oxygens (including phenoxy) is 1. The molecule has 0 bridgehead atoms. The van der Waals surface area contributed by atoms with Gasteiger partial charge in [-0.3, -0.25) is 9.59 Å². The van der Waals surface area contributed by atoms with Crippen LogP contribution in [0, 0.1) is 5.92 Å². The summed E-state index contributed by atoms with van der Waals surface area (Å²) in [6, 6.07) is -0.714. The van der Waals surface area contributed by atoms with Gasteiger partial charge in [-0.25, -0.2) is 8.78 Å². The Morgan fingerprint density at radius 2 is 2.00 bits per heavy atom. The summed E-state index contributed by atoms with van der Waals surface area (Å²) >= 11 is 0. The van der Waals surface area contributed by atoms with Crippen LogP contribution in [0.15, 0.2) is 23.5 Å². The predicted octanol–water partition coefficient (Wildman–Crippen LogP) is 3.20. The highest BCUT2D eigenvalue weighted by molar-refractivity contribution is 5.90. The molecule has 2 aliphatic rings. The first-order valence-electron chi connectivity index (χ1n) is 9.43. The number of Topliss-reactive ketones (excluding diaryl/α,β-unsaturated/α-hetero) is 1. The second-order valence-corrected chi connectivity index (χ2v) is 6.91. The highest BCUT2D eigenvalue weighted by Gasteiger charge is 2.28. The van der Waals surface area contributed by atoms with Gasteiger partial charge in [0.15, 0.2) is 17.4 Å². The topological polar surface area (TPSA) is 81.4 Å². The lowest BCUT2D eigenvalue weighted by atomic mass is 10.0. The minimum absolute atomic E-state index is 0.0559. The molecular formula is C19H28F2N2O3.